The molecule has 0 aliphatic carbocycles. The van der Waals surface area contributed by atoms with Gasteiger partial charge in [0.1, 0.15) is 5.82 Å². The third-order valence-electron chi connectivity index (χ3n) is 6.97. The van der Waals surface area contributed by atoms with Gasteiger partial charge in [0.15, 0.2) is 5.49 Å². The number of rotatable bonds is 3. The lowest BCUT2D eigenvalue weighted by atomic mass is 9.97. The van der Waals surface area contributed by atoms with Crippen LogP contribution in [0.3, 0.4) is 0 Å². The SMILES string of the molecule is CC(=O)N1CCC(c2cc3c(=N[C@H](C)c4cccc(C(F)(F)F)c4C)nc(C)n(C)c3cn2)=C[C@H]1C. The van der Waals surface area contributed by atoms with E-state index in [2.05, 4.69) is 9.97 Å². The zero-order chi connectivity index (χ0) is 26.4. The molecule has 9 heteroatoms. The van der Waals surface area contributed by atoms with Crippen LogP contribution in [0.2, 0.25) is 0 Å². The molecule has 3 heterocycles. The van der Waals surface area contributed by atoms with E-state index in [1.54, 1.807) is 26.1 Å². The number of hydrogen-bond donors (Lipinski definition) is 0. The zero-order valence-electron chi connectivity index (χ0n) is 21.3. The standard InChI is InChI=1S/C27H30F3N5O/c1-15-12-20(10-11-35(15)19(5)36)24-13-22-25(14-31-24)34(6)18(4)33-26(22)32-17(3)21-8-7-9-23(16(21)2)27(28,29)30/h7-9,12-15,17H,10-11H2,1-6H3/t15-,17-/m1/s1. The summed E-state index contributed by atoms with van der Waals surface area (Å²) in [6.07, 6.45) is 0.0823. The number of aryl methyl sites for hydroxylation is 2. The van der Waals surface area contributed by atoms with Gasteiger partial charge in [0.2, 0.25) is 5.91 Å². The van der Waals surface area contributed by atoms with Crippen LogP contribution in [0.15, 0.2) is 41.5 Å². The number of halogens is 3. The number of benzene rings is 1. The van der Waals surface area contributed by atoms with Crippen LogP contribution in [-0.4, -0.2) is 37.9 Å². The van der Waals surface area contributed by atoms with Crippen LogP contribution in [-0.2, 0) is 18.0 Å². The van der Waals surface area contributed by atoms with Crippen LogP contribution in [0.25, 0.3) is 16.5 Å². The summed E-state index contributed by atoms with van der Waals surface area (Å²) in [4.78, 5) is 27.8. The van der Waals surface area contributed by atoms with E-state index in [4.69, 9.17) is 4.99 Å². The van der Waals surface area contributed by atoms with Crippen molar-refractivity contribution in [1.29, 1.82) is 0 Å². The molecule has 0 fully saturated rings. The van der Waals surface area contributed by atoms with E-state index in [0.717, 1.165) is 28.2 Å². The van der Waals surface area contributed by atoms with Gasteiger partial charge in [-0.3, -0.25) is 14.8 Å². The third kappa shape index (κ3) is 4.79. The number of carbonyl (C=O) groups excluding carboxylic acids is 1. The van der Waals surface area contributed by atoms with Gasteiger partial charge >= 0.3 is 6.18 Å². The molecule has 3 aromatic rings. The van der Waals surface area contributed by atoms with E-state index >= 15 is 0 Å². The summed E-state index contributed by atoms with van der Waals surface area (Å²) in [5.74, 6) is 0.752. The molecule has 0 unspecified atom stereocenters. The molecule has 4 rings (SSSR count). The van der Waals surface area contributed by atoms with E-state index < -0.39 is 17.8 Å². The van der Waals surface area contributed by atoms with Crippen molar-refractivity contribution in [2.45, 2.75) is 59.3 Å². The third-order valence-corrected chi connectivity index (χ3v) is 6.97. The monoisotopic (exact) mass is 497 g/mol. The molecule has 0 bridgehead atoms. The summed E-state index contributed by atoms with van der Waals surface area (Å²) >= 11 is 0. The van der Waals surface area contributed by atoms with Crippen LogP contribution >= 0.6 is 0 Å². The molecule has 1 aliphatic heterocycles. The minimum absolute atomic E-state index is 0.0379. The summed E-state index contributed by atoms with van der Waals surface area (Å²) in [6.45, 7) is 9.28. The van der Waals surface area contributed by atoms with E-state index in [0.29, 0.717) is 29.8 Å². The van der Waals surface area contributed by atoms with Gasteiger partial charge in [-0.2, -0.15) is 13.2 Å². The molecule has 1 aromatic carbocycles. The molecule has 1 amide bonds. The van der Waals surface area contributed by atoms with E-state index in [-0.39, 0.29) is 17.5 Å². The van der Waals surface area contributed by atoms with Crippen LogP contribution < -0.4 is 5.49 Å². The number of alkyl halides is 3. The van der Waals surface area contributed by atoms with Crippen LogP contribution in [0.1, 0.15) is 61.4 Å². The lowest BCUT2D eigenvalue weighted by molar-refractivity contribution is -0.138. The van der Waals surface area contributed by atoms with Crippen LogP contribution in [0.5, 0.6) is 0 Å². The van der Waals surface area contributed by atoms with Gasteiger partial charge in [-0.15, -0.1) is 0 Å². The lowest BCUT2D eigenvalue weighted by Gasteiger charge is -2.31. The minimum Gasteiger partial charge on any atom is -0.336 e. The maximum atomic E-state index is 13.5. The van der Waals surface area contributed by atoms with Crippen LogP contribution in [0.4, 0.5) is 13.2 Å². The molecular formula is C27H30F3N5O. The average Bonchev–Trinajstić information content (AvgIpc) is 2.81. The normalized spacial score (nSPS) is 17.9. The Labute approximate surface area is 208 Å². The van der Waals surface area contributed by atoms with Crippen molar-refractivity contribution in [3.05, 3.63) is 70.2 Å². The van der Waals surface area contributed by atoms with Crippen molar-refractivity contribution < 1.29 is 18.0 Å². The summed E-state index contributed by atoms with van der Waals surface area (Å²) in [7, 11) is 1.89. The fourth-order valence-corrected chi connectivity index (χ4v) is 4.86. The quantitative estimate of drug-likeness (QED) is 0.494. The second kappa shape index (κ2) is 9.52. The highest BCUT2D eigenvalue weighted by molar-refractivity contribution is 5.82. The van der Waals surface area contributed by atoms with Gasteiger partial charge in [-0.1, -0.05) is 18.2 Å². The molecule has 2 aromatic heterocycles. The minimum atomic E-state index is -4.43. The van der Waals surface area contributed by atoms with Gasteiger partial charge < -0.3 is 9.47 Å². The number of aromatic nitrogens is 3. The highest BCUT2D eigenvalue weighted by Gasteiger charge is 2.33. The van der Waals surface area contributed by atoms with Crippen molar-refractivity contribution in [3.8, 4) is 0 Å². The molecule has 0 saturated heterocycles. The average molecular weight is 498 g/mol. The molecule has 1 aliphatic rings. The largest absolute Gasteiger partial charge is 0.416 e. The van der Waals surface area contributed by atoms with Gasteiger partial charge in [0.05, 0.1) is 29.0 Å². The number of fused-ring (bicyclic) bond motifs is 1. The Hall–Kier alpha value is -3.49. The maximum Gasteiger partial charge on any atom is 0.416 e. The Morgan fingerprint density at radius 3 is 2.61 bits per heavy atom. The molecule has 190 valence electrons. The van der Waals surface area contributed by atoms with Gasteiger partial charge in [0, 0.05) is 31.9 Å². The Balaban J connectivity index is 1.84. The van der Waals surface area contributed by atoms with Crippen molar-refractivity contribution >= 4 is 22.4 Å². The fraction of sp³-hybridized carbons (Fsp3) is 0.407. The molecular weight excluding hydrogens is 467 g/mol. The Morgan fingerprint density at radius 2 is 1.97 bits per heavy atom. The number of nitrogens with zero attached hydrogens (tertiary/aromatic N) is 5. The second-order valence-corrected chi connectivity index (χ2v) is 9.35. The number of hydrogen-bond acceptors (Lipinski definition) is 4. The first-order chi connectivity index (χ1) is 16.9. The van der Waals surface area contributed by atoms with E-state index in [1.807, 2.05) is 42.5 Å². The summed E-state index contributed by atoms with van der Waals surface area (Å²) in [5.41, 5.74) is 3.13. The molecule has 2 atom stereocenters. The molecule has 6 nitrogen and oxygen atoms in total. The Morgan fingerprint density at radius 1 is 1.25 bits per heavy atom. The molecule has 0 N–H and O–H groups in total. The van der Waals surface area contributed by atoms with Gasteiger partial charge in [-0.25, -0.2) is 4.98 Å². The lowest BCUT2D eigenvalue weighted by Crippen LogP contribution is -2.39. The summed E-state index contributed by atoms with van der Waals surface area (Å²) in [6, 6.07) is 5.55. The first kappa shape index (κ1) is 25.6. The predicted octanol–water partition coefficient (Wildman–Crippen LogP) is 5.29. The van der Waals surface area contributed by atoms with Gasteiger partial charge in [0.25, 0.3) is 0 Å². The second-order valence-electron chi connectivity index (χ2n) is 9.35. The van der Waals surface area contributed by atoms with Gasteiger partial charge in [-0.05, 0) is 62.9 Å². The van der Waals surface area contributed by atoms with E-state index in [9.17, 15) is 18.0 Å². The topological polar surface area (TPSA) is 63.4 Å². The summed E-state index contributed by atoms with van der Waals surface area (Å²) < 4.78 is 42.3. The molecule has 36 heavy (non-hydrogen) atoms. The highest BCUT2D eigenvalue weighted by atomic mass is 19.4. The fourth-order valence-electron chi connectivity index (χ4n) is 4.86. The number of amides is 1. The Kier molecular flexibility index (Phi) is 6.77. The van der Waals surface area contributed by atoms with E-state index in [1.165, 1.54) is 13.0 Å². The maximum absolute atomic E-state index is 13.5. The Bertz CT molecular complexity index is 1440. The smallest absolute Gasteiger partial charge is 0.336 e. The number of carbonyl (C=O) groups is 1. The van der Waals surface area contributed by atoms with Crippen molar-refractivity contribution in [2.75, 3.05) is 6.54 Å². The van der Waals surface area contributed by atoms with Crippen LogP contribution in [0, 0.1) is 13.8 Å². The first-order valence-corrected chi connectivity index (χ1v) is 11.9. The predicted molar refractivity (Wildman–Crippen MR) is 133 cm³/mol. The first-order valence-electron chi connectivity index (χ1n) is 11.9. The van der Waals surface area contributed by atoms with Crippen molar-refractivity contribution in [1.82, 2.24) is 19.4 Å². The molecule has 0 saturated carbocycles. The van der Waals surface area contributed by atoms with Crippen molar-refractivity contribution in [3.63, 3.8) is 0 Å². The molecule has 0 radical (unpaired) electrons. The highest BCUT2D eigenvalue weighted by Crippen LogP contribution is 2.35. The number of pyridine rings is 1. The summed E-state index contributed by atoms with van der Waals surface area (Å²) in [5, 5.41) is 0.770. The zero-order valence-corrected chi connectivity index (χ0v) is 21.3. The van der Waals surface area contributed by atoms with Crippen molar-refractivity contribution in [2.24, 2.45) is 12.0 Å². The molecule has 0 spiro atoms.